The summed E-state index contributed by atoms with van der Waals surface area (Å²) >= 11 is 3.39. The SMILES string of the molecule is CC[C@H](CO)Nc1nc(Nc2ccc(S(=O)(=O)NCCN(C)C)cc2)ncc1Br. The molecule has 0 aliphatic carbocycles. The number of nitrogens with zero attached hydrogens (tertiary/aromatic N) is 3. The molecule has 29 heavy (non-hydrogen) atoms. The fourth-order valence-corrected chi connectivity index (χ4v) is 3.66. The molecule has 2 rings (SSSR count). The van der Waals surface area contributed by atoms with Crippen LogP contribution in [0.4, 0.5) is 17.5 Å². The summed E-state index contributed by atoms with van der Waals surface area (Å²) in [5, 5.41) is 15.6. The van der Waals surface area contributed by atoms with Crippen LogP contribution in [0.15, 0.2) is 39.8 Å². The van der Waals surface area contributed by atoms with Crippen LogP contribution in [0, 0.1) is 0 Å². The van der Waals surface area contributed by atoms with E-state index < -0.39 is 10.0 Å². The average molecular weight is 487 g/mol. The van der Waals surface area contributed by atoms with Crippen LogP contribution in [-0.2, 0) is 10.0 Å². The van der Waals surface area contributed by atoms with Crippen LogP contribution in [0.5, 0.6) is 0 Å². The zero-order valence-corrected chi connectivity index (χ0v) is 19.1. The predicted molar refractivity (Wildman–Crippen MR) is 118 cm³/mol. The number of hydrogen-bond donors (Lipinski definition) is 4. The van der Waals surface area contributed by atoms with Gasteiger partial charge < -0.3 is 20.6 Å². The highest BCUT2D eigenvalue weighted by atomic mass is 79.9. The van der Waals surface area contributed by atoms with Crippen molar-refractivity contribution in [3.63, 3.8) is 0 Å². The number of aliphatic hydroxyl groups excluding tert-OH is 1. The average Bonchev–Trinajstić information content (AvgIpc) is 2.68. The molecule has 0 saturated carbocycles. The number of nitrogens with one attached hydrogen (secondary N) is 3. The molecule has 0 amide bonds. The first-order chi connectivity index (χ1) is 13.7. The van der Waals surface area contributed by atoms with E-state index in [1.54, 1.807) is 18.3 Å². The van der Waals surface area contributed by atoms with Crippen LogP contribution in [0.3, 0.4) is 0 Å². The Bertz CT molecular complexity index is 889. The largest absolute Gasteiger partial charge is 0.394 e. The molecule has 11 heteroatoms. The van der Waals surface area contributed by atoms with E-state index in [9.17, 15) is 13.5 Å². The summed E-state index contributed by atoms with van der Waals surface area (Å²) in [6.45, 7) is 2.91. The lowest BCUT2D eigenvalue weighted by Crippen LogP contribution is -2.31. The lowest BCUT2D eigenvalue weighted by molar-refractivity contribution is 0.271. The lowest BCUT2D eigenvalue weighted by atomic mass is 10.2. The van der Waals surface area contributed by atoms with Gasteiger partial charge in [0.1, 0.15) is 5.82 Å². The van der Waals surface area contributed by atoms with Crippen molar-refractivity contribution in [2.45, 2.75) is 24.3 Å². The van der Waals surface area contributed by atoms with Crippen molar-refractivity contribution in [1.29, 1.82) is 0 Å². The molecule has 4 N–H and O–H groups in total. The van der Waals surface area contributed by atoms with Gasteiger partial charge in [-0.3, -0.25) is 0 Å². The number of aliphatic hydroxyl groups is 1. The van der Waals surface area contributed by atoms with Gasteiger partial charge in [0, 0.05) is 25.0 Å². The normalized spacial score (nSPS) is 12.8. The van der Waals surface area contributed by atoms with Gasteiger partial charge in [0.05, 0.1) is 22.0 Å². The summed E-state index contributed by atoms with van der Waals surface area (Å²) in [6.07, 6.45) is 2.35. The molecule has 0 saturated heterocycles. The molecule has 0 aliphatic heterocycles. The highest BCUT2D eigenvalue weighted by Crippen LogP contribution is 2.23. The van der Waals surface area contributed by atoms with Gasteiger partial charge in [0.25, 0.3) is 0 Å². The highest BCUT2D eigenvalue weighted by Gasteiger charge is 2.14. The zero-order chi connectivity index (χ0) is 21.4. The number of aromatic nitrogens is 2. The Labute approximate surface area is 180 Å². The standard InChI is InChI=1S/C18H27BrN6O3S/c1-4-13(12-26)22-17-16(19)11-20-18(24-17)23-14-5-7-15(8-6-14)29(27,28)21-9-10-25(2)3/h5-8,11,13,21,26H,4,9-10,12H2,1-3H3,(H2,20,22,23,24)/t13-/m1/s1. The van der Waals surface area contributed by atoms with Crippen molar-refractivity contribution in [3.8, 4) is 0 Å². The molecule has 1 atom stereocenters. The highest BCUT2D eigenvalue weighted by molar-refractivity contribution is 9.10. The van der Waals surface area contributed by atoms with E-state index in [-0.39, 0.29) is 17.5 Å². The summed E-state index contributed by atoms with van der Waals surface area (Å²) in [4.78, 5) is 10.7. The molecular weight excluding hydrogens is 460 g/mol. The van der Waals surface area contributed by atoms with Crippen molar-refractivity contribution in [1.82, 2.24) is 19.6 Å². The van der Waals surface area contributed by atoms with Gasteiger partial charge >= 0.3 is 0 Å². The van der Waals surface area contributed by atoms with Gasteiger partial charge in [-0.25, -0.2) is 18.1 Å². The molecule has 1 heterocycles. The van der Waals surface area contributed by atoms with Crippen molar-refractivity contribution in [2.24, 2.45) is 0 Å². The Hall–Kier alpha value is -1.79. The van der Waals surface area contributed by atoms with E-state index in [4.69, 9.17) is 0 Å². The second-order valence-corrected chi connectivity index (χ2v) is 9.29. The summed E-state index contributed by atoms with van der Waals surface area (Å²) < 4.78 is 27.9. The van der Waals surface area contributed by atoms with E-state index in [0.717, 1.165) is 6.42 Å². The summed E-state index contributed by atoms with van der Waals surface area (Å²) in [6, 6.07) is 6.25. The van der Waals surface area contributed by atoms with E-state index in [1.165, 1.54) is 12.1 Å². The quantitative estimate of drug-likeness (QED) is 0.380. The van der Waals surface area contributed by atoms with Gasteiger partial charge in [-0.1, -0.05) is 6.92 Å². The van der Waals surface area contributed by atoms with Crippen LogP contribution in [0.25, 0.3) is 0 Å². The van der Waals surface area contributed by atoms with Crippen LogP contribution >= 0.6 is 15.9 Å². The minimum atomic E-state index is -3.55. The number of benzene rings is 1. The number of rotatable bonds is 11. The third kappa shape index (κ3) is 7.19. The molecule has 0 aliphatic rings. The number of anilines is 3. The van der Waals surface area contributed by atoms with Crippen LogP contribution < -0.4 is 15.4 Å². The van der Waals surface area contributed by atoms with Crippen molar-refractivity contribution in [2.75, 3.05) is 44.4 Å². The lowest BCUT2D eigenvalue weighted by Gasteiger charge is -2.16. The smallest absolute Gasteiger partial charge is 0.240 e. The Kier molecular flexibility index (Phi) is 8.78. The van der Waals surface area contributed by atoms with Gasteiger partial charge in [0.2, 0.25) is 16.0 Å². The van der Waals surface area contributed by atoms with Gasteiger partial charge in [-0.15, -0.1) is 0 Å². The molecule has 160 valence electrons. The molecule has 1 aromatic heterocycles. The second kappa shape index (κ2) is 10.8. The molecule has 0 spiro atoms. The Morgan fingerprint density at radius 2 is 1.93 bits per heavy atom. The minimum Gasteiger partial charge on any atom is -0.394 e. The summed E-state index contributed by atoms with van der Waals surface area (Å²) in [5.74, 6) is 0.913. The summed E-state index contributed by atoms with van der Waals surface area (Å²) in [5.41, 5.74) is 0.653. The zero-order valence-electron chi connectivity index (χ0n) is 16.7. The molecule has 0 fully saturated rings. The molecule has 1 aromatic carbocycles. The Morgan fingerprint density at radius 1 is 1.24 bits per heavy atom. The van der Waals surface area contributed by atoms with Crippen molar-refractivity contribution in [3.05, 3.63) is 34.9 Å². The molecular formula is C18H27BrN6O3S. The van der Waals surface area contributed by atoms with E-state index in [2.05, 4.69) is 41.3 Å². The predicted octanol–water partition coefficient (Wildman–Crippen LogP) is 2.01. The first kappa shape index (κ1) is 23.5. The third-order valence-electron chi connectivity index (χ3n) is 4.07. The molecule has 2 aromatic rings. The van der Waals surface area contributed by atoms with Crippen LogP contribution in [0.2, 0.25) is 0 Å². The van der Waals surface area contributed by atoms with Crippen molar-refractivity contribution < 1.29 is 13.5 Å². The molecule has 9 nitrogen and oxygen atoms in total. The van der Waals surface area contributed by atoms with Gasteiger partial charge in [-0.2, -0.15) is 4.98 Å². The molecule has 0 radical (unpaired) electrons. The minimum absolute atomic E-state index is 0.00573. The Morgan fingerprint density at radius 3 is 2.52 bits per heavy atom. The number of halogens is 1. The van der Waals surface area contributed by atoms with E-state index in [0.29, 0.717) is 35.0 Å². The van der Waals surface area contributed by atoms with Gasteiger partial charge in [-0.05, 0) is 60.7 Å². The maximum absolute atomic E-state index is 12.3. The third-order valence-corrected chi connectivity index (χ3v) is 6.13. The van der Waals surface area contributed by atoms with E-state index in [1.807, 2.05) is 25.9 Å². The van der Waals surface area contributed by atoms with Crippen LogP contribution in [0.1, 0.15) is 13.3 Å². The number of sulfonamides is 1. The maximum atomic E-state index is 12.3. The molecule has 0 bridgehead atoms. The number of hydrogen-bond acceptors (Lipinski definition) is 8. The van der Waals surface area contributed by atoms with Crippen molar-refractivity contribution >= 4 is 43.4 Å². The first-order valence-corrected chi connectivity index (χ1v) is 11.4. The fraction of sp³-hybridized carbons (Fsp3) is 0.444. The maximum Gasteiger partial charge on any atom is 0.240 e. The monoisotopic (exact) mass is 486 g/mol. The Balaban J connectivity index is 2.08. The van der Waals surface area contributed by atoms with E-state index >= 15 is 0 Å². The first-order valence-electron chi connectivity index (χ1n) is 9.16. The second-order valence-electron chi connectivity index (χ2n) is 6.67. The van der Waals surface area contributed by atoms with Gasteiger partial charge in [0.15, 0.2) is 0 Å². The molecule has 0 unspecified atom stereocenters. The number of likely N-dealkylation sites (N-methyl/N-ethyl adjacent to an activating group) is 1. The topological polar surface area (TPSA) is 119 Å². The fourth-order valence-electron chi connectivity index (χ4n) is 2.33. The van der Waals surface area contributed by atoms with Crippen LogP contribution in [-0.4, -0.2) is 68.2 Å². The summed E-state index contributed by atoms with van der Waals surface area (Å²) in [7, 11) is 0.209.